The Kier molecular flexibility index (Phi) is 5.75. The van der Waals surface area contributed by atoms with Crippen LogP contribution in [0.25, 0.3) is 22.5 Å². The first-order chi connectivity index (χ1) is 15.6. The highest BCUT2D eigenvalue weighted by Gasteiger charge is 2.26. The number of hydrogen-bond acceptors (Lipinski definition) is 6. The average Bonchev–Trinajstić information content (AvgIpc) is 3.41. The van der Waals surface area contributed by atoms with Crippen LogP contribution in [0.5, 0.6) is 0 Å². The number of nitrogens with zero attached hydrogens (tertiary/aromatic N) is 4. The first-order valence-electron chi connectivity index (χ1n) is 10.3. The minimum atomic E-state index is -0.0998. The molecule has 3 heterocycles. The zero-order valence-corrected chi connectivity index (χ0v) is 18.6. The predicted molar refractivity (Wildman–Crippen MR) is 123 cm³/mol. The quantitative estimate of drug-likeness (QED) is 0.444. The maximum Gasteiger partial charge on any atom is 0.326 e. The standard InChI is InChI=1S/C22H20ClN5O3S/c23-16-6-2-1-5-15(16)20-25-26-22(31-20)32-13-19(29)27-11-9-14(10-12-27)28-18-8-4-3-7-17(18)24-21(28)30/h1-8,14H,9-13H2,(H,24,30). The fourth-order valence-corrected chi connectivity index (χ4v) is 4.92. The molecule has 0 aliphatic carbocycles. The Labute approximate surface area is 192 Å². The van der Waals surface area contributed by atoms with Gasteiger partial charge in [-0.1, -0.05) is 47.6 Å². The van der Waals surface area contributed by atoms with Gasteiger partial charge >= 0.3 is 5.69 Å². The number of para-hydroxylation sites is 2. The Morgan fingerprint density at radius 2 is 1.88 bits per heavy atom. The lowest BCUT2D eigenvalue weighted by atomic mass is 10.0. The Balaban J connectivity index is 1.18. The third kappa shape index (κ3) is 4.05. The van der Waals surface area contributed by atoms with Crippen LogP contribution in [0, 0.1) is 0 Å². The highest BCUT2D eigenvalue weighted by molar-refractivity contribution is 7.99. The van der Waals surface area contributed by atoms with E-state index in [1.165, 1.54) is 11.8 Å². The maximum absolute atomic E-state index is 12.7. The van der Waals surface area contributed by atoms with Crippen molar-refractivity contribution in [2.45, 2.75) is 24.1 Å². The van der Waals surface area contributed by atoms with E-state index in [2.05, 4.69) is 15.2 Å². The van der Waals surface area contributed by atoms with Gasteiger partial charge in [-0.3, -0.25) is 9.36 Å². The largest absolute Gasteiger partial charge is 0.411 e. The highest BCUT2D eigenvalue weighted by atomic mass is 35.5. The smallest absolute Gasteiger partial charge is 0.326 e. The van der Waals surface area contributed by atoms with E-state index < -0.39 is 0 Å². The van der Waals surface area contributed by atoms with Crippen molar-refractivity contribution < 1.29 is 9.21 Å². The van der Waals surface area contributed by atoms with Crippen LogP contribution >= 0.6 is 23.4 Å². The number of hydrogen-bond donors (Lipinski definition) is 1. The van der Waals surface area contributed by atoms with Gasteiger partial charge in [0.1, 0.15) is 0 Å². The van der Waals surface area contributed by atoms with Gasteiger partial charge in [0.15, 0.2) is 0 Å². The fourth-order valence-electron chi connectivity index (χ4n) is 4.04. The number of benzene rings is 2. The zero-order valence-electron chi connectivity index (χ0n) is 17.0. The van der Waals surface area contributed by atoms with Crippen molar-refractivity contribution >= 4 is 40.3 Å². The van der Waals surface area contributed by atoms with Crippen LogP contribution in [-0.2, 0) is 4.79 Å². The molecule has 0 bridgehead atoms. The molecule has 1 aliphatic rings. The number of piperidine rings is 1. The van der Waals surface area contributed by atoms with Crippen LogP contribution in [0.15, 0.2) is 63.0 Å². The van der Waals surface area contributed by atoms with Gasteiger partial charge in [0, 0.05) is 19.1 Å². The summed E-state index contributed by atoms with van der Waals surface area (Å²) >= 11 is 7.38. The Bertz CT molecular complexity index is 1320. The molecule has 8 nitrogen and oxygen atoms in total. The van der Waals surface area contributed by atoms with Gasteiger partial charge in [0.05, 0.1) is 27.4 Å². The zero-order chi connectivity index (χ0) is 22.1. The third-order valence-electron chi connectivity index (χ3n) is 5.64. The van der Waals surface area contributed by atoms with E-state index in [4.69, 9.17) is 16.0 Å². The van der Waals surface area contributed by atoms with Gasteiger partial charge in [-0.05, 0) is 37.1 Å². The number of fused-ring (bicyclic) bond motifs is 1. The van der Waals surface area contributed by atoms with E-state index >= 15 is 0 Å². The number of thioether (sulfide) groups is 1. The van der Waals surface area contributed by atoms with Gasteiger partial charge in [-0.2, -0.15) is 0 Å². The predicted octanol–water partition coefficient (Wildman–Crippen LogP) is 3.99. The number of H-pyrrole nitrogens is 1. The van der Waals surface area contributed by atoms with Crippen molar-refractivity contribution in [2.75, 3.05) is 18.8 Å². The molecule has 0 spiro atoms. The number of imidazole rings is 1. The van der Waals surface area contributed by atoms with Gasteiger partial charge in [-0.25, -0.2) is 4.79 Å². The lowest BCUT2D eigenvalue weighted by molar-refractivity contribution is -0.129. The number of aromatic nitrogens is 4. The number of carbonyl (C=O) groups is 1. The van der Waals surface area contributed by atoms with E-state index in [0.29, 0.717) is 34.8 Å². The van der Waals surface area contributed by atoms with Crippen molar-refractivity contribution in [1.29, 1.82) is 0 Å². The molecule has 0 saturated carbocycles. The van der Waals surface area contributed by atoms with E-state index in [1.54, 1.807) is 12.1 Å². The lowest BCUT2D eigenvalue weighted by Crippen LogP contribution is -2.41. The number of halogens is 1. The summed E-state index contributed by atoms with van der Waals surface area (Å²) in [5.74, 6) is 0.551. The molecule has 0 atom stereocenters. The Morgan fingerprint density at radius 1 is 1.12 bits per heavy atom. The minimum absolute atomic E-state index is 0.0113. The summed E-state index contributed by atoms with van der Waals surface area (Å²) in [4.78, 5) is 29.9. The molecule has 1 saturated heterocycles. The van der Waals surface area contributed by atoms with Gasteiger partial charge in [-0.15, -0.1) is 10.2 Å². The summed E-state index contributed by atoms with van der Waals surface area (Å²) in [6.45, 7) is 1.20. The molecule has 4 aromatic rings. The van der Waals surface area contributed by atoms with E-state index in [-0.39, 0.29) is 23.4 Å². The number of aromatic amines is 1. The second-order valence-electron chi connectivity index (χ2n) is 7.57. The van der Waals surface area contributed by atoms with E-state index in [1.807, 2.05) is 45.9 Å². The third-order valence-corrected chi connectivity index (χ3v) is 6.77. The molecule has 1 amide bonds. The summed E-state index contributed by atoms with van der Waals surface area (Å²) in [6.07, 6.45) is 1.46. The molecule has 0 radical (unpaired) electrons. The number of carbonyl (C=O) groups excluding carboxylic acids is 1. The number of amides is 1. The van der Waals surface area contributed by atoms with Crippen molar-refractivity contribution in [1.82, 2.24) is 24.6 Å². The monoisotopic (exact) mass is 469 g/mol. The van der Waals surface area contributed by atoms with Crippen LogP contribution < -0.4 is 5.69 Å². The molecule has 5 rings (SSSR count). The summed E-state index contributed by atoms with van der Waals surface area (Å²) < 4.78 is 7.47. The molecule has 0 unspecified atom stereocenters. The minimum Gasteiger partial charge on any atom is -0.411 e. The second kappa shape index (κ2) is 8.84. The number of rotatable bonds is 5. The van der Waals surface area contributed by atoms with Crippen LogP contribution in [0.3, 0.4) is 0 Å². The number of likely N-dealkylation sites (tertiary alicyclic amines) is 1. The summed E-state index contributed by atoms with van der Waals surface area (Å²) in [5, 5.41) is 8.89. The van der Waals surface area contributed by atoms with Gasteiger partial charge in [0.2, 0.25) is 11.8 Å². The molecular formula is C22H20ClN5O3S. The maximum atomic E-state index is 12.7. The normalized spacial score (nSPS) is 14.8. The van der Waals surface area contributed by atoms with Crippen molar-refractivity contribution in [2.24, 2.45) is 0 Å². The second-order valence-corrected chi connectivity index (χ2v) is 8.90. The molecular weight excluding hydrogens is 450 g/mol. The van der Waals surface area contributed by atoms with Crippen LogP contribution in [0.1, 0.15) is 18.9 Å². The molecule has 1 N–H and O–H groups in total. The molecule has 32 heavy (non-hydrogen) atoms. The molecule has 2 aromatic heterocycles. The van der Waals surface area contributed by atoms with Crippen molar-refractivity contribution in [3.8, 4) is 11.5 Å². The first-order valence-corrected chi connectivity index (χ1v) is 11.6. The first kappa shape index (κ1) is 20.8. The van der Waals surface area contributed by atoms with Gasteiger partial charge in [0.25, 0.3) is 5.22 Å². The summed E-state index contributed by atoms with van der Waals surface area (Å²) in [7, 11) is 0. The van der Waals surface area contributed by atoms with E-state index in [9.17, 15) is 9.59 Å². The Morgan fingerprint density at radius 3 is 2.69 bits per heavy atom. The SMILES string of the molecule is O=C(CSc1nnc(-c2ccccc2Cl)o1)N1CCC(n2c(=O)[nH]c3ccccc32)CC1. The highest BCUT2D eigenvalue weighted by Crippen LogP contribution is 2.29. The molecule has 2 aromatic carbocycles. The average molecular weight is 470 g/mol. The summed E-state index contributed by atoms with van der Waals surface area (Å²) in [6, 6.07) is 15.0. The van der Waals surface area contributed by atoms with Crippen LogP contribution in [-0.4, -0.2) is 49.4 Å². The molecule has 10 heteroatoms. The molecule has 1 fully saturated rings. The van der Waals surface area contributed by atoms with Crippen LogP contribution in [0.4, 0.5) is 0 Å². The van der Waals surface area contributed by atoms with Gasteiger partial charge < -0.3 is 14.3 Å². The number of nitrogens with one attached hydrogen (secondary N) is 1. The molecule has 164 valence electrons. The lowest BCUT2D eigenvalue weighted by Gasteiger charge is -2.32. The fraction of sp³-hybridized carbons (Fsp3) is 0.273. The topological polar surface area (TPSA) is 97.0 Å². The van der Waals surface area contributed by atoms with Crippen molar-refractivity contribution in [3.05, 3.63) is 64.0 Å². The molecule has 1 aliphatic heterocycles. The van der Waals surface area contributed by atoms with Crippen LogP contribution in [0.2, 0.25) is 5.02 Å². The summed E-state index contributed by atoms with van der Waals surface area (Å²) in [5.41, 5.74) is 2.30. The van der Waals surface area contributed by atoms with Crippen molar-refractivity contribution in [3.63, 3.8) is 0 Å². The van der Waals surface area contributed by atoms with E-state index in [0.717, 1.165) is 23.9 Å². The Hall–Kier alpha value is -3.04.